The lowest BCUT2D eigenvalue weighted by Gasteiger charge is -2.21. The number of nitrogens with one attached hydrogen (secondary N) is 1. The van der Waals surface area contributed by atoms with Gasteiger partial charge in [-0.15, -0.1) is 0 Å². The second-order valence-corrected chi connectivity index (χ2v) is 5.10. The number of carbonyl (C=O) groups excluding carboxylic acids is 1. The third-order valence-corrected chi connectivity index (χ3v) is 2.39. The SMILES string of the molecule is Cc1ccc(N)c(NC(=O)OC(C)(C)C)c1C. The van der Waals surface area contributed by atoms with Gasteiger partial charge in [0.05, 0.1) is 11.4 Å². The Labute approximate surface area is 102 Å². The van der Waals surface area contributed by atoms with Gasteiger partial charge in [0.2, 0.25) is 0 Å². The third kappa shape index (κ3) is 3.66. The smallest absolute Gasteiger partial charge is 0.412 e. The first kappa shape index (κ1) is 13.4. The summed E-state index contributed by atoms with van der Waals surface area (Å²) < 4.78 is 5.19. The Morgan fingerprint density at radius 3 is 2.41 bits per heavy atom. The van der Waals surface area contributed by atoms with Crippen molar-refractivity contribution in [3.05, 3.63) is 23.3 Å². The molecule has 3 N–H and O–H groups in total. The molecule has 0 saturated carbocycles. The number of amides is 1. The van der Waals surface area contributed by atoms with Crippen molar-refractivity contribution in [3.63, 3.8) is 0 Å². The summed E-state index contributed by atoms with van der Waals surface area (Å²) in [6.07, 6.45) is -0.488. The number of nitrogens with two attached hydrogens (primary N) is 1. The molecule has 1 rings (SSSR count). The van der Waals surface area contributed by atoms with Crippen LogP contribution in [0.25, 0.3) is 0 Å². The average molecular weight is 236 g/mol. The molecule has 1 aromatic carbocycles. The maximum absolute atomic E-state index is 11.7. The number of ether oxygens (including phenoxy) is 1. The number of carbonyl (C=O) groups is 1. The highest BCUT2D eigenvalue weighted by molar-refractivity contribution is 5.90. The zero-order valence-corrected chi connectivity index (χ0v) is 11.0. The molecule has 17 heavy (non-hydrogen) atoms. The highest BCUT2D eigenvalue weighted by Crippen LogP contribution is 2.26. The lowest BCUT2D eigenvalue weighted by molar-refractivity contribution is 0.0636. The molecule has 0 atom stereocenters. The van der Waals surface area contributed by atoms with Crippen LogP contribution in [0.3, 0.4) is 0 Å². The fraction of sp³-hybridized carbons (Fsp3) is 0.462. The first-order valence-electron chi connectivity index (χ1n) is 5.56. The van der Waals surface area contributed by atoms with Gasteiger partial charge in [-0.05, 0) is 51.8 Å². The van der Waals surface area contributed by atoms with Crippen LogP contribution in [0.1, 0.15) is 31.9 Å². The Morgan fingerprint density at radius 1 is 1.29 bits per heavy atom. The summed E-state index contributed by atoms with van der Waals surface area (Å²) in [6, 6.07) is 3.69. The third-order valence-electron chi connectivity index (χ3n) is 2.39. The molecule has 0 saturated heterocycles. The molecule has 1 aromatic rings. The fourth-order valence-electron chi connectivity index (χ4n) is 1.41. The van der Waals surface area contributed by atoms with Crippen molar-refractivity contribution >= 4 is 17.5 Å². The molecule has 0 radical (unpaired) electrons. The summed E-state index contributed by atoms with van der Waals surface area (Å²) in [4.78, 5) is 11.7. The standard InChI is InChI=1S/C13H20N2O2/c1-8-6-7-10(14)11(9(8)2)15-12(16)17-13(3,4)5/h6-7H,14H2,1-5H3,(H,15,16). The van der Waals surface area contributed by atoms with Crippen molar-refractivity contribution in [3.8, 4) is 0 Å². The minimum atomic E-state index is -0.517. The van der Waals surface area contributed by atoms with E-state index in [1.54, 1.807) is 6.07 Å². The van der Waals surface area contributed by atoms with E-state index in [1.807, 2.05) is 40.7 Å². The molecule has 0 aromatic heterocycles. The normalized spacial score (nSPS) is 11.1. The predicted molar refractivity (Wildman–Crippen MR) is 70.2 cm³/mol. The summed E-state index contributed by atoms with van der Waals surface area (Å²) in [5, 5.41) is 2.69. The molecule has 0 fully saturated rings. The van der Waals surface area contributed by atoms with Crippen molar-refractivity contribution in [2.75, 3.05) is 11.1 Å². The molecule has 0 aliphatic rings. The number of hydrogen-bond donors (Lipinski definition) is 2. The van der Waals surface area contributed by atoms with Gasteiger partial charge in [-0.2, -0.15) is 0 Å². The molecule has 0 spiro atoms. The van der Waals surface area contributed by atoms with Gasteiger partial charge < -0.3 is 10.5 Å². The van der Waals surface area contributed by atoms with Crippen molar-refractivity contribution in [1.82, 2.24) is 0 Å². The second-order valence-electron chi connectivity index (χ2n) is 5.10. The molecular formula is C13H20N2O2. The van der Waals surface area contributed by atoms with Crippen LogP contribution in [-0.4, -0.2) is 11.7 Å². The van der Waals surface area contributed by atoms with Gasteiger partial charge >= 0.3 is 6.09 Å². The lowest BCUT2D eigenvalue weighted by Crippen LogP contribution is -2.27. The van der Waals surface area contributed by atoms with E-state index in [1.165, 1.54) is 0 Å². The Morgan fingerprint density at radius 2 is 1.88 bits per heavy atom. The molecule has 4 heteroatoms. The van der Waals surface area contributed by atoms with E-state index in [0.29, 0.717) is 11.4 Å². The van der Waals surface area contributed by atoms with Crippen LogP contribution in [0, 0.1) is 13.8 Å². The Hall–Kier alpha value is -1.71. The van der Waals surface area contributed by atoms with Gasteiger partial charge in [0, 0.05) is 0 Å². The number of nitrogen functional groups attached to an aromatic ring is 1. The zero-order valence-electron chi connectivity index (χ0n) is 11.0. The number of hydrogen-bond acceptors (Lipinski definition) is 3. The van der Waals surface area contributed by atoms with Gasteiger partial charge in [-0.25, -0.2) is 4.79 Å². The van der Waals surface area contributed by atoms with Crippen LogP contribution in [0.5, 0.6) is 0 Å². The first-order valence-corrected chi connectivity index (χ1v) is 5.56. The minimum Gasteiger partial charge on any atom is -0.444 e. The Kier molecular flexibility index (Phi) is 3.66. The van der Waals surface area contributed by atoms with Crippen LogP contribution < -0.4 is 11.1 Å². The van der Waals surface area contributed by atoms with Crippen molar-refractivity contribution < 1.29 is 9.53 Å². The molecule has 94 valence electrons. The Balaban J connectivity index is 2.89. The van der Waals surface area contributed by atoms with E-state index < -0.39 is 11.7 Å². The summed E-state index contributed by atoms with van der Waals surface area (Å²) in [5.41, 5.74) is 8.51. The number of rotatable bonds is 1. The molecule has 0 bridgehead atoms. The second kappa shape index (κ2) is 4.65. The molecule has 0 heterocycles. The summed E-state index contributed by atoms with van der Waals surface area (Å²) >= 11 is 0. The van der Waals surface area contributed by atoms with Crippen LogP contribution >= 0.6 is 0 Å². The number of anilines is 2. The van der Waals surface area contributed by atoms with Crippen molar-refractivity contribution in [2.24, 2.45) is 0 Å². The monoisotopic (exact) mass is 236 g/mol. The summed E-state index contributed by atoms with van der Waals surface area (Å²) in [6.45, 7) is 9.34. The maximum atomic E-state index is 11.7. The van der Waals surface area contributed by atoms with Crippen LogP contribution in [0.4, 0.5) is 16.2 Å². The fourth-order valence-corrected chi connectivity index (χ4v) is 1.41. The van der Waals surface area contributed by atoms with Crippen LogP contribution in [0.2, 0.25) is 0 Å². The highest BCUT2D eigenvalue weighted by Gasteiger charge is 2.17. The van der Waals surface area contributed by atoms with E-state index in [9.17, 15) is 4.79 Å². The average Bonchev–Trinajstić information content (AvgIpc) is 2.16. The molecular weight excluding hydrogens is 216 g/mol. The van der Waals surface area contributed by atoms with E-state index >= 15 is 0 Å². The molecule has 1 amide bonds. The van der Waals surface area contributed by atoms with Gasteiger partial charge in [0.25, 0.3) is 0 Å². The number of aryl methyl sites for hydroxylation is 1. The molecule has 0 unspecified atom stereocenters. The van der Waals surface area contributed by atoms with Crippen LogP contribution in [-0.2, 0) is 4.74 Å². The van der Waals surface area contributed by atoms with Crippen LogP contribution in [0.15, 0.2) is 12.1 Å². The maximum Gasteiger partial charge on any atom is 0.412 e. The van der Waals surface area contributed by atoms with E-state index in [2.05, 4.69) is 5.32 Å². The van der Waals surface area contributed by atoms with Gasteiger partial charge in [0.1, 0.15) is 5.60 Å². The van der Waals surface area contributed by atoms with E-state index in [4.69, 9.17) is 10.5 Å². The van der Waals surface area contributed by atoms with E-state index in [0.717, 1.165) is 11.1 Å². The quantitative estimate of drug-likeness (QED) is 0.736. The Bertz CT molecular complexity index is 434. The summed E-state index contributed by atoms with van der Waals surface area (Å²) in [5.74, 6) is 0. The van der Waals surface area contributed by atoms with Gasteiger partial charge in [-0.1, -0.05) is 6.07 Å². The zero-order chi connectivity index (χ0) is 13.2. The lowest BCUT2D eigenvalue weighted by atomic mass is 10.1. The minimum absolute atomic E-state index is 0.488. The molecule has 0 aliphatic heterocycles. The largest absolute Gasteiger partial charge is 0.444 e. The van der Waals surface area contributed by atoms with Crippen molar-refractivity contribution in [1.29, 1.82) is 0 Å². The van der Waals surface area contributed by atoms with Gasteiger partial charge in [-0.3, -0.25) is 5.32 Å². The summed E-state index contributed by atoms with van der Waals surface area (Å²) in [7, 11) is 0. The highest BCUT2D eigenvalue weighted by atomic mass is 16.6. The number of benzene rings is 1. The topological polar surface area (TPSA) is 64.3 Å². The first-order chi connectivity index (χ1) is 7.70. The van der Waals surface area contributed by atoms with Gasteiger partial charge in [0.15, 0.2) is 0 Å². The van der Waals surface area contributed by atoms with Crippen molar-refractivity contribution in [2.45, 2.75) is 40.2 Å². The van der Waals surface area contributed by atoms with E-state index in [-0.39, 0.29) is 0 Å². The predicted octanol–water partition coefficient (Wildman–Crippen LogP) is 3.23. The molecule has 0 aliphatic carbocycles. The molecule has 4 nitrogen and oxygen atoms in total.